The number of hydrogen-bond donors (Lipinski definition) is 1. The summed E-state index contributed by atoms with van der Waals surface area (Å²) in [6.45, 7) is 5.56. The van der Waals surface area contributed by atoms with Crippen molar-refractivity contribution < 1.29 is 0 Å². The van der Waals surface area contributed by atoms with E-state index in [0.29, 0.717) is 6.54 Å². The van der Waals surface area contributed by atoms with Gasteiger partial charge in [0.05, 0.1) is 18.5 Å². The lowest BCUT2D eigenvalue weighted by molar-refractivity contribution is 0.216. The van der Waals surface area contributed by atoms with E-state index < -0.39 is 0 Å². The fraction of sp³-hybridized carbons (Fsp3) is 0.391. The standard InChI is InChI=1S/C23H27N7S/c1-16-24-20(28-27-16)13-29(2)22-21-18(17-9-5-3-6-10-17)15-31-23(21)26-19(25-22)14-30-11-7-4-8-12-30/h3,5-6,9-10,15H,4,7-8,11-14H2,1-2H3,(H,24,27,28). The Hall–Kier alpha value is -2.84. The molecule has 0 bridgehead atoms. The smallest absolute Gasteiger partial charge is 0.169 e. The SMILES string of the molecule is Cc1nc(CN(C)c2nc(CN3CCCCC3)nc3scc(-c4ccccc4)c23)n[nH]1. The van der Waals surface area contributed by atoms with Gasteiger partial charge in [0.25, 0.3) is 0 Å². The summed E-state index contributed by atoms with van der Waals surface area (Å²) in [5.74, 6) is 3.42. The van der Waals surface area contributed by atoms with Gasteiger partial charge in [0, 0.05) is 18.0 Å². The molecule has 1 N–H and O–H groups in total. The summed E-state index contributed by atoms with van der Waals surface area (Å²) in [6, 6.07) is 10.5. The van der Waals surface area contributed by atoms with E-state index in [0.717, 1.165) is 53.1 Å². The van der Waals surface area contributed by atoms with Crippen molar-refractivity contribution in [3.05, 3.63) is 53.2 Å². The first kappa shape index (κ1) is 20.1. The molecule has 0 radical (unpaired) electrons. The van der Waals surface area contributed by atoms with Crippen LogP contribution in [0.3, 0.4) is 0 Å². The lowest BCUT2D eigenvalue weighted by Gasteiger charge is -2.26. The molecule has 3 aromatic heterocycles. The maximum atomic E-state index is 5.07. The minimum absolute atomic E-state index is 0.587. The highest BCUT2D eigenvalue weighted by Crippen LogP contribution is 2.38. The van der Waals surface area contributed by atoms with Crippen molar-refractivity contribution in [3.8, 4) is 11.1 Å². The van der Waals surface area contributed by atoms with Crippen molar-refractivity contribution in [1.29, 1.82) is 0 Å². The Labute approximate surface area is 186 Å². The molecule has 160 valence electrons. The summed E-state index contributed by atoms with van der Waals surface area (Å²) in [4.78, 5) is 20.2. The number of aromatic nitrogens is 5. The number of hydrogen-bond acceptors (Lipinski definition) is 7. The molecule has 1 aliphatic heterocycles. The summed E-state index contributed by atoms with van der Waals surface area (Å²) in [5.41, 5.74) is 2.36. The molecule has 0 aliphatic carbocycles. The topological polar surface area (TPSA) is 73.8 Å². The number of nitrogens with zero attached hydrogens (tertiary/aromatic N) is 6. The zero-order chi connectivity index (χ0) is 21.2. The van der Waals surface area contributed by atoms with Crippen LogP contribution in [-0.4, -0.2) is 50.2 Å². The second kappa shape index (κ2) is 8.72. The van der Waals surface area contributed by atoms with Gasteiger partial charge >= 0.3 is 0 Å². The van der Waals surface area contributed by atoms with Crippen molar-refractivity contribution in [2.45, 2.75) is 39.3 Å². The van der Waals surface area contributed by atoms with Crippen LogP contribution >= 0.6 is 11.3 Å². The zero-order valence-corrected chi connectivity index (χ0v) is 18.8. The van der Waals surface area contributed by atoms with Gasteiger partial charge in [0.1, 0.15) is 22.3 Å². The van der Waals surface area contributed by atoms with Crippen molar-refractivity contribution in [1.82, 2.24) is 30.0 Å². The number of H-pyrrole nitrogens is 1. The molecule has 8 heteroatoms. The zero-order valence-electron chi connectivity index (χ0n) is 18.0. The van der Waals surface area contributed by atoms with Gasteiger partial charge in [-0.1, -0.05) is 36.8 Å². The predicted octanol–water partition coefficient (Wildman–Crippen LogP) is 4.41. The van der Waals surface area contributed by atoms with Crippen LogP contribution in [-0.2, 0) is 13.1 Å². The number of anilines is 1. The summed E-state index contributed by atoms with van der Waals surface area (Å²) in [5, 5.41) is 10.6. The molecule has 1 aromatic carbocycles. The van der Waals surface area contributed by atoms with Gasteiger partial charge in [-0.15, -0.1) is 11.3 Å². The molecule has 5 rings (SSSR count). The molecular formula is C23H27N7S. The molecule has 0 amide bonds. The first-order chi connectivity index (χ1) is 15.2. The molecule has 31 heavy (non-hydrogen) atoms. The average molecular weight is 434 g/mol. The lowest BCUT2D eigenvalue weighted by Crippen LogP contribution is -2.30. The summed E-state index contributed by atoms with van der Waals surface area (Å²) >= 11 is 1.69. The maximum Gasteiger partial charge on any atom is 0.169 e. The Morgan fingerprint density at radius 3 is 2.58 bits per heavy atom. The molecule has 1 saturated heterocycles. The van der Waals surface area contributed by atoms with Gasteiger partial charge in [-0.25, -0.2) is 15.0 Å². The Morgan fingerprint density at radius 2 is 1.84 bits per heavy atom. The molecule has 0 spiro atoms. The number of fused-ring (bicyclic) bond motifs is 1. The van der Waals surface area contributed by atoms with Crippen molar-refractivity contribution in [3.63, 3.8) is 0 Å². The van der Waals surface area contributed by atoms with Crippen LogP contribution in [0.2, 0.25) is 0 Å². The number of benzene rings is 1. The van der Waals surface area contributed by atoms with Crippen molar-refractivity contribution in [2.24, 2.45) is 0 Å². The monoisotopic (exact) mass is 433 g/mol. The van der Waals surface area contributed by atoms with Crippen molar-refractivity contribution in [2.75, 3.05) is 25.0 Å². The summed E-state index contributed by atoms with van der Waals surface area (Å²) in [6.07, 6.45) is 3.85. The largest absolute Gasteiger partial charge is 0.351 e. The molecule has 7 nitrogen and oxygen atoms in total. The van der Waals surface area contributed by atoms with Gasteiger partial charge in [-0.3, -0.25) is 10.00 Å². The number of piperidine rings is 1. The quantitative estimate of drug-likeness (QED) is 0.486. The van der Waals surface area contributed by atoms with Gasteiger partial charge in [0.2, 0.25) is 0 Å². The Kier molecular flexibility index (Phi) is 5.65. The number of likely N-dealkylation sites (tertiary alicyclic amines) is 1. The Morgan fingerprint density at radius 1 is 1.03 bits per heavy atom. The molecule has 4 aromatic rings. The number of aromatic amines is 1. The number of thiophene rings is 1. The van der Waals surface area contributed by atoms with Gasteiger partial charge in [-0.2, -0.15) is 5.10 Å². The van der Waals surface area contributed by atoms with Gasteiger partial charge < -0.3 is 4.90 Å². The Balaban J connectivity index is 1.56. The van der Waals surface area contributed by atoms with Gasteiger partial charge in [0.15, 0.2) is 5.82 Å². The lowest BCUT2D eigenvalue weighted by atomic mass is 10.1. The molecule has 4 heterocycles. The first-order valence-electron chi connectivity index (χ1n) is 10.8. The molecule has 1 aliphatic rings. The van der Waals surface area contributed by atoms with E-state index in [1.807, 2.05) is 13.0 Å². The van der Waals surface area contributed by atoms with E-state index in [1.54, 1.807) is 11.3 Å². The van der Waals surface area contributed by atoms with E-state index in [2.05, 4.69) is 61.7 Å². The molecule has 0 saturated carbocycles. The van der Waals surface area contributed by atoms with Crippen LogP contribution in [0.4, 0.5) is 5.82 Å². The van der Waals surface area contributed by atoms with E-state index in [9.17, 15) is 0 Å². The third kappa shape index (κ3) is 4.31. The Bertz CT molecular complexity index is 1160. The number of aryl methyl sites for hydroxylation is 1. The highest BCUT2D eigenvalue weighted by atomic mass is 32.1. The molecule has 1 fully saturated rings. The summed E-state index contributed by atoms with van der Waals surface area (Å²) < 4.78 is 0. The highest BCUT2D eigenvalue weighted by molar-refractivity contribution is 7.17. The van der Waals surface area contributed by atoms with Crippen LogP contribution < -0.4 is 4.90 Å². The molecule has 0 atom stereocenters. The highest BCUT2D eigenvalue weighted by Gasteiger charge is 2.20. The minimum atomic E-state index is 0.587. The number of nitrogens with one attached hydrogen (secondary N) is 1. The molecule has 0 unspecified atom stereocenters. The van der Waals surface area contributed by atoms with E-state index >= 15 is 0 Å². The van der Waals surface area contributed by atoms with Crippen LogP contribution in [0.1, 0.15) is 36.7 Å². The minimum Gasteiger partial charge on any atom is -0.351 e. The van der Waals surface area contributed by atoms with Gasteiger partial charge in [-0.05, 0) is 38.4 Å². The number of rotatable bonds is 6. The fourth-order valence-corrected chi connectivity index (χ4v) is 5.17. The van der Waals surface area contributed by atoms with Crippen LogP contribution in [0.15, 0.2) is 35.7 Å². The second-order valence-electron chi connectivity index (χ2n) is 8.19. The average Bonchev–Trinajstić information content (AvgIpc) is 3.40. The first-order valence-corrected chi connectivity index (χ1v) is 11.7. The fourth-order valence-electron chi connectivity index (χ4n) is 4.21. The third-order valence-corrected chi connectivity index (χ3v) is 6.62. The van der Waals surface area contributed by atoms with E-state index in [-0.39, 0.29) is 0 Å². The molecular weight excluding hydrogens is 406 g/mol. The van der Waals surface area contributed by atoms with Crippen LogP contribution in [0.5, 0.6) is 0 Å². The normalized spacial score (nSPS) is 14.9. The van der Waals surface area contributed by atoms with E-state index in [4.69, 9.17) is 9.97 Å². The maximum absolute atomic E-state index is 5.07. The van der Waals surface area contributed by atoms with Crippen LogP contribution in [0, 0.1) is 6.92 Å². The predicted molar refractivity (Wildman–Crippen MR) is 125 cm³/mol. The summed E-state index contributed by atoms with van der Waals surface area (Å²) in [7, 11) is 2.06. The van der Waals surface area contributed by atoms with Crippen LogP contribution in [0.25, 0.3) is 21.3 Å². The second-order valence-corrected chi connectivity index (χ2v) is 9.05. The van der Waals surface area contributed by atoms with Crippen molar-refractivity contribution >= 4 is 27.4 Å². The van der Waals surface area contributed by atoms with E-state index in [1.165, 1.54) is 30.4 Å². The third-order valence-electron chi connectivity index (χ3n) is 5.74.